The van der Waals surface area contributed by atoms with Crippen LogP contribution in [0.1, 0.15) is 51.4 Å². The Morgan fingerprint density at radius 3 is 2.56 bits per heavy atom. The van der Waals surface area contributed by atoms with Crippen LogP contribution in [0.25, 0.3) is 0 Å². The molecule has 0 aromatic heterocycles. The van der Waals surface area contributed by atoms with Gasteiger partial charge >= 0.3 is 0 Å². The molecule has 0 aromatic carbocycles. The zero-order valence-corrected chi connectivity index (χ0v) is 10.0. The molecule has 3 fully saturated rings. The highest BCUT2D eigenvalue weighted by atomic mass is 16.5. The Hall–Kier alpha value is -0.120. The first-order chi connectivity index (χ1) is 7.86. The summed E-state index contributed by atoms with van der Waals surface area (Å²) in [5, 5.41) is 0. The highest BCUT2D eigenvalue weighted by molar-refractivity contribution is 4.95. The van der Waals surface area contributed by atoms with Gasteiger partial charge in [-0.15, -0.1) is 0 Å². The van der Waals surface area contributed by atoms with Crippen LogP contribution in [0.3, 0.4) is 0 Å². The van der Waals surface area contributed by atoms with Crippen LogP contribution in [0, 0.1) is 11.8 Å². The minimum Gasteiger partial charge on any atom is -0.375 e. The Labute approximate surface area is 98.1 Å². The van der Waals surface area contributed by atoms with Gasteiger partial charge in [-0.05, 0) is 31.6 Å². The number of nitrogens with one attached hydrogen (secondary N) is 1. The van der Waals surface area contributed by atoms with Crippen LogP contribution in [0.15, 0.2) is 0 Å². The number of ether oxygens (including phenoxy) is 1. The maximum Gasteiger partial charge on any atom is 0.0624 e. The molecule has 0 radical (unpaired) electrons. The van der Waals surface area contributed by atoms with E-state index >= 15 is 0 Å². The standard InChI is InChI=1S/C13H24N2O/c14-15-12(7-9-3-1-2-4-9)11-8-10-5-6-13(11)16-10/h9-13,15H,1-8,14H2. The maximum absolute atomic E-state index is 5.94. The summed E-state index contributed by atoms with van der Waals surface area (Å²) in [6.07, 6.45) is 11.8. The molecule has 1 saturated carbocycles. The molecule has 3 N–H and O–H groups in total. The fraction of sp³-hybridized carbons (Fsp3) is 1.00. The predicted molar refractivity (Wildman–Crippen MR) is 63.7 cm³/mol. The normalized spacial score (nSPS) is 40.7. The molecular formula is C13H24N2O. The lowest BCUT2D eigenvalue weighted by Crippen LogP contribution is -2.45. The number of hydrogen-bond donors (Lipinski definition) is 2. The van der Waals surface area contributed by atoms with Gasteiger partial charge in [0.15, 0.2) is 0 Å². The molecular weight excluding hydrogens is 200 g/mol. The zero-order chi connectivity index (χ0) is 11.0. The maximum atomic E-state index is 5.94. The Morgan fingerprint density at radius 1 is 1.19 bits per heavy atom. The van der Waals surface area contributed by atoms with Gasteiger partial charge in [-0.25, -0.2) is 0 Å². The molecule has 1 aliphatic carbocycles. The van der Waals surface area contributed by atoms with Crippen LogP contribution < -0.4 is 11.3 Å². The largest absolute Gasteiger partial charge is 0.375 e. The Morgan fingerprint density at radius 2 is 2.00 bits per heavy atom. The fourth-order valence-corrected chi connectivity index (χ4v) is 4.07. The van der Waals surface area contributed by atoms with Crippen molar-refractivity contribution in [1.29, 1.82) is 0 Å². The molecule has 4 atom stereocenters. The van der Waals surface area contributed by atoms with Crippen molar-refractivity contribution in [3.05, 3.63) is 0 Å². The number of hydrazine groups is 1. The molecule has 92 valence electrons. The second kappa shape index (κ2) is 4.63. The topological polar surface area (TPSA) is 47.3 Å². The number of nitrogens with two attached hydrogens (primary N) is 1. The first kappa shape index (κ1) is 11.0. The smallest absolute Gasteiger partial charge is 0.0624 e. The van der Waals surface area contributed by atoms with Crippen molar-refractivity contribution in [3.63, 3.8) is 0 Å². The number of hydrogen-bond acceptors (Lipinski definition) is 3. The first-order valence-electron chi connectivity index (χ1n) is 6.98. The van der Waals surface area contributed by atoms with Crippen LogP contribution in [-0.2, 0) is 4.74 Å². The lowest BCUT2D eigenvalue weighted by atomic mass is 9.80. The van der Waals surface area contributed by atoms with Crippen molar-refractivity contribution in [3.8, 4) is 0 Å². The lowest BCUT2D eigenvalue weighted by molar-refractivity contribution is 0.0833. The van der Waals surface area contributed by atoms with E-state index in [4.69, 9.17) is 10.6 Å². The van der Waals surface area contributed by atoms with Crippen molar-refractivity contribution in [2.24, 2.45) is 17.7 Å². The van der Waals surface area contributed by atoms with Gasteiger partial charge in [0.2, 0.25) is 0 Å². The Balaban J connectivity index is 1.57. The van der Waals surface area contributed by atoms with E-state index in [9.17, 15) is 0 Å². The summed E-state index contributed by atoms with van der Waals surface area (Å²) in [6, 6.07) is 0.499. The highest BCUT2D eigenvalue weighted by Gasteiger charge is 2.44. The average molecular weight is 224 g/mol. The summed E-state index contributed by atoms with van der Waals surface area (Å²) < 4.78 is 5.94. The van der Waals surface area contributed by atoms with Crippen LogP contribution in [0.4, 0.5) is 0 Å². The molecule has 0 spiro atoms. The van der Waals surface area contributed by atoms with Crippen LogP contribution in [0.2, 0.25) is 0 Å². The van der Waals surface area contributed by atoms with Gasteiger partial charge in [0.25, 0.3) is 0 Å². The predicted octanol–water partition coefficient (Wildman–Crippen LogP) is 1.97. The molecule has 3 nitrogen and oxygen atoms in total. The lowest BCUT2D eigenvalue weighted by Gasteiger charge is -2.29. The van der Waals surface area contributed by atoms with E-state index in [1.807, 2.05) is 0 Å². The molecule has 16 heavy (non-hydrogen) atoms. The van der Waals surface area contributed by atoms with Gasteiger partial charge in [-0.2, -0.15) is 0 Å². The van der Waals surface area contributed by atoms with Crippen molar-refractivity contribution in [2.45, 2.75) is 69.6 Å². The van der Waals surface area contributed by atoms with Crippen molar-refractivity contribution in [1.82, 2.24) is 5.43 Å². The van der Waals surface area contributed by atoms with E-state index in [1.54, 1.807) is 0 Å². The van der Waals surface area contributed by atoms with Gasteiger partial charge < -0.3 is 4.74 Å². The van der Waals surface area contributed by atoms with Gasteiger partial charge in [0.1, 0.15) is 0 Å². The molecule has 3 aliphatic rings. The monoisotopic (exact) mass is 224 g/mol. The molecule has 2 bridgehead atoms. The van der Waals surface area contributed by atoms with E-state index < -0.39 is 0 Å². The Kier molecular flexibility index (Phi) is 3.18. The molecule has 2 aliphatic heterocycles. The molecule has 3 rings (SSSR count). The van der Waals surface area contributed by atoms with E-state index in [1.165, 1.54) is 51.4 Å². The zero-order valence-electron chi connectivity index (χ0n) is 10.0. The van der Waals surface area contributed by atoms with Gasteiger partial charge in [0, 0.05) is 12.0 Å². The van der Waals surface area contributed by atoms with Crippen molar-refractivity contribution in [2.75, 3.05) is 0 Å². The summed E-state index contributed by atoms with van der Waals surface area (Å²) in [4.78, 5) is 0. The number of rotatable bonds is 4. The van der Waals surface area contributed by atoms with E-state index in [2.05, 4.69) is 5.43 Å². The van der Waals surface area contributed by atoms with Crippen LogP contribution in [0.5, 0.6) is 0 Å². The van der Waals surface area contributed by atoms with Crippen LogP contribution in [-0.4, -0.2) is 18.2 Å². The molecule has 4 unspecified atom stereocenters. The van der Waals surface area contributed by atoms with Gasteiger partial charge in [-0.3, -0.25) is 11.3 Å². The SMILES string of the molecule is NNC(CC1CCCC1)C1CC2CCC1O2. The summed E-state index contributed by atoms with van der Waals surface area (Å²) in [5.74, 6) is 7.36. The van der Waals surface area contributed by atoms with Gasteiger partial charge in [0.05, 0.1) is 12.2 Å². The third-order valence-electron chi connectivity index (χ3n) is 4.95. The van der Waals surface area contributed by atoms with E-state index in [0.29, 0.717) is 24.2 Å². The quantitative estimate of drug-likeness (QED) is 0.567. The minimum absolute atomic E-state index is 0.499. The summed E-state index contributed by atoms with van der Waals surface area (Å²) >= 11 is 0. The number of fused-ring (bicyclic) bond motifs is 2. The van der Waals surface area contributed by atoms with Crippen molar-refractivity contribution < 1.29 is 4.74 Å². The second-order valence-electron chi connectivity index (χ2n) is 5.93. The highest BCUT2D eigenvalue weighted by Crippen LogP contribution is 2.42. The molecule has 3 heteroatoms. The minimum atomic E-state index is 0.499. The third-order valence-corrected chi connectivity index (χ3v) is 4.95. The molecule has 2 saturated heterocycles. The Bertz CT molecular complexity index is 240. The molecule has 0 aromatic rings. The average Bonchev–Trinajstić information content (AvgIpc) is 3.02. The third kappa shape index (κ3) is 2.01. The summed E-state index contributed by atoms with van der Waals surface area (Å²) in [6.45, 7) is 0. The summed E-state index contributed by atoms with van der Waals surface area (Å²) in [5.41, 5.74) is 3.08. The van der Waals surface area contributed by atoms with E-state index in [-0.39, 0.29) is 0 Å². The molecule has 2 heterocycles. The van der Waals surface area contributed by atoms with E-state index in [0.717, 1.165) is 5.92 Å². The first-order valence-corrected chi connectivity index (χ1v) is 6.98. The van der Waals surface area contributed by atoms with Crippen molar-refractivity contribution >= 4 is 0 Å². The van der Waals surface area contributed by atoms with Gasteiger partial charge in [-0.1, -0.05) is 25.7 Å². The summed E-state index contributed by atoms with van der Waals surface area (Å²) in [7, 11) is 0. The van der Waals surface area contributed by atoms with Crippen LogP contribution >= 0.6 is 0 Å². The second-order valence-corrected chi connectivity index (χ2v) is 5.93. The fourth-order valence-electron chi connectivity index (χ4n) is 4.07. The molecule has 0 amide bonds.